The maximum absolute atomic E-state index is 4.46. The van der Waals surface area contributed by atoms with Crippen LogP contribution in [0.4, 0.5) is 0 Å². The number of hydrogen-bond acceptors (Lipinski definition) is 4. The molecule has 1 saturated carbocycles. The average Bonchev–Trinajstić information content (AvgIpc) is 2.71. The third-order valence-corrected chi connectivity index (χ3v) is 5.44. The predicted molar refractivity (Wildman–Crippen MR) is 77.0 cm³/mol. The van der Waals surface area contributed by atoms with Crippen molar-refractivity contribution in [2.75, 3.05) is 12.3 Å². The Kier molecular flexibility index (Phi) is 5.32. The summed E-state index contributed by atoms with van der Waals surface area (Å²) < 4.78 is 1.21. The van der Waals surface area contributed by atoms with Gasteiger partial charge in [-0.2, -0.15) is 0 Å². The molecule has 17 heavy (non-hydrogen) atoms. The van der Waals surface area contributed by atoms with Crippen LogP contribution in [0.15, 0.2) is 9.72 Å². The van der Waals surface area contributed by atoms with Crippen LogP contribution in [-0.2, 0) is 0 Å². The molecule has 1 aromatic heterocycles. The van der Waals surface area contributed by atoms with E-state index < -0.39 is 0 Å². The van der Waals surface area contributed by atoms with Crippen LogP contribution in [0.1, 0.15) is 38.3 Å². The first-order valence-electron chi connectivity index (χ1n) is 6.52. The highest BCUT2D eigenvalue weighted by Gasteiger charge is 2.17. The average molecular weight is 270 g/mol. The van der Waals surface area contributed by atoms with Crippen LogP contribution in [0.2, 0.25) is 0 Å². The van der Waals surface area contributed by atoms with Gasteiger partial charge in [0, 0.05) is 29.4 Å². The van der Waals surface area contributed by atoms with Crippen molar-refractivity contribution in [3.8, 4) is 0 Å². The van der Waals surface area contributed by atoms with Crippen molar-refractivity contribution in [2.24, 2.45) is 5.92 Å². The molecule has 1 aliphatic carbocycles. The van der Waals surface area contributed by atoms with Gasteiger partial charge in [0.05, 0.1) is 0 Å². The van der Waals surface area contributed by atoms with Crippen molar-refractivity contribution < 1.29 is 0 Å². The molecule has 2 atom stereocenters. The highest BCUT2D eigenvalue weighted by Crippen LogP contribution is 2.24. The van der Waals surface area contributed by atoms with Crippen LogP contribution in [0.3, 0.4) is 0 Å². The highest BCUT2D eigenvalue weighted by molar-refractivity contribution is 8.01. The summed E-state index contributed by atoms with van der Waals surface area (Å²) in [5.41, 5.74) is 1.14. The molecule has 0 aromatic carbocycles. The molecule has 0 aliphatic heterocycles. The fourth-order valence-corrected chi connectivity index (χ4v) is 4.21. The van der Waals surface area contributed by atoms with E-state index in [1.54, 1.807) is 11.3 Å². The zero-order valence-electron chi connectivity index (χ0n) is 10.7. The zero-order valence-corrected chi connectivity index (χ0v) is 12.4. The molecule has 0 amide bonds. The van der Waals surface area contributed by atoms with Crippen molar-refractivity contribution in [3.05, 3.63) is 11.1 Å². The minimum Gasteiger partial charge on any atom is -0.313 e. The maximum Gasteiger partial charge on any atom is 0.150 e. The van der Waals surface area contributed by atoms with Crippen LogP contribution in [0.25, 0.3) is 0 Å². The summed E-state index contributed by atoms with van der Waals surface area (Å²) in [6, 6.07) is 0.761. The lowest BCUT2D eigenvalue weighted by atomic mass is 9.87. The normalized spacial score (nSPS) is 25.1. The summed E-state index contributed by atoms with van der Waals surface area (Å²) in [5, 5.41) is 5.81. The molecule has 0 radical (unpaired) electrons. The molecule has 0 bridgehead atoms. The quantitative estimate of drug-likeness (QED) is 0.652. The Morgan fingerprint density at radius 1 is 1.53 bits per heavy atom. The van der Waals surface area contributed by atoms with Gasteiger partial charge in [0.1, 0.15) is 4.34 Å². The number of rotatable bonds is 5. The van der Waals surface area contributed by atoms with Gasteiger partial charge in [0.2, 0.25) is 0 Å². The van der Waals surface area contributed by atoms with Crippen molar-refractivity contribution in [1.82, 2.24) is 10.3 Å². The van der Waals surface area contributed by atoms with Crippen LogP contribution >= 0.6 is 23.1 Å². The predicted octanol–water partition coefficient (Wildman–Crippen LogP) is 3.71. The fourth-order valence-electron chi connectivity index (χ4n) is 2.42. The molecule has 0 spiro atoms. The second-order valence-electron chi connectivity index (χ2n) is 5.03. The summed E-state index contributed by atoms with van der Waals surface area (Å²) in [5.74, 6) is 2.05. The number of aryl methyl sites for hydroxylation is 1. The molecule has 2 unspecified atom stereocenters. The lowest BCUT2D eigenvalue weighted by molar-refractivity contribution is 0.306. The van der Waals surface area contributed by atoms with Crippen molar-refractivity contribution in [1.29, 1.82) is 0 Å². The fraction of sp³-hybridized carbons (Fsp3) is 0.769. The summed E-state index contributed by atoms with van der Waals surface area (Å²) in [7, 11) is 0. The van der Waals surface area contributed by atoms with Gasteiger partial charge in [-0.3, -0.25) is 0 Å². The zero-order chi connectivity index (χ0) is 12.1. The smallest absolute Gasteiger partial charge is 0.150 e. The number of aromatic nitrogens is 1. The lowest BCUT2D eigenvalue weighted by Crippen LogP contribution is -2.34. The summed E-state index contributed by atoms with van der Waals surface area (Å²) in [4.78, 5) is 4.46. The molecule has 0 saturated heterocycles. The van der Waals surface area contributed by atoms with E-state index in [9.17, 15) is 0 Å². The number of nitrogens with one attached hydrogen (secondary N) is 1. The van der Waals surface area contributed by atoms with Gasteiger partial charge >= 0.3 is 0 Å². The third-order valence-electron chi connectivity index (χ3n) is 3.29. The van der Waals surface area contributed by atoms with E-state index in [-0.39, 0.29) is 0 Å². The Hall–Kier alpha value is -0.0600. The molecule has 1 heterocycles. The van der Waals surface area contributed by atoms with Gasteiger partial charge in [-0.1, -0.05) is 31.5 Å². The first kappa shape index (κ1) is 13.4. The van der Waals surface area contributed by atoms with E-state index in [1.165, 1.54) is 30.0 Å². The molecule has 2 rings (SSSR count). The molecule has 96 valence electrons. The van der Waals surface area contributed by atoms with Crippen molar-refractivity contribution in [2.45, 2.75) is 49.9 Å². The van der Waals surface area contributed by atoms with Gasteiger partial charge in [-0.05, 0) is 25.7 Å². The van der Waals surface area contributed by atoms with Crippen molar-refractivity contribution >= 4 is 23.1 Å². The Morgan fingerprint density at radius 3 is 3.12 bits per heavy atom. The molecule has 2 nitrogen and oxygen atoms in total. The van der Waals surface area contributed by atoms with E-state index >= 15 is 0 Å². The van der Waals surface area contributed by atoms with E-state index in [1.807, 2.05) is 11.8 Å². The monoisotopic (exact) mass is 270 g/mol. The van der Waals surface area contributed by atoms with Crippen LogP contribution in [0, 0.1) is 12.8 Å². The van der Waals surface area contributed by atoms with Gasteiger partial charge < -0.3 is 5.32 Å². The number of thioether (sulfide) groups is 1. The minimum absolute atomic E-state index is 0.761. The minimum atomic E-state index is 0.761. The van der Waals surface area contributed by atoms with Gasteiger partial charge in [0.25, 0.3) is 0 Å². The molecular formula is C13H22N2S2. The molecule has 1 fully saturated rings. The molecule has 4 heteroatoms. The van der Waals surface area contributed by atoms with Crippen LogP contribution in [0.5, 0.6) is 0 Å². The Morgan fingerprint density at radius 2 is 2.41 bits per heavy atom. The summed E-state index contributed by atoms with van der Waals surface area (Å²) in [6.07, 6.45) is 5.55. The van der Waals surface area contributed by atoms with Crippen molar-refractivity contribution in [3.63, 3.8) is 0 Å². The Labute approximate surface area is 113 Å². The molecule has 1 aromatic rings. The Bertz CT molecular complexity index is 338. The van der Waals surface area contributed by atoms with E-state index in [0.29, 0.717) is 0 Å². The van der Waals surface area contributed by atoms with E-state index in [4.69, 9.17) is 0 Å². The molecular weight excluding hydrogens is 248 g/mol. The lowest BCUT2D eigenvalue weighted by Gasteiger charge is -2.27. The third kappa shape index (κ3) is 4.60. The standard InChI is InChI=1S/C13H22N2S2/c1-10-4-3-5-12(8-10)14-6-7-16-13-15-11(2)9-17-13/h9-10,12,14H,3-8H2,1-2H3. The van der Waals surface area contributed by atoms with Crippen LogP contribution in [-0.4, -0.2) is 23.3 Å². The van der Waals surface area contributed by atoms with Gasteiger partial charge in [-0.15, -0.1) is 11.3 Å². The number of hydrogen-bond donors (Lipinski definition) is 1. The highest BCUT2D eigenvalue weighted by atomic mass is 32.2. The second-order valence-corrected chi connectivity index (χ2v) is 7.23. The largest absolute Gasteiger partial charge is 0.313 e. The van der Waals surface area contributed by atoms with Gasteiger partial charge in [-0.25, -0.2) is 4.98 Å². The summed E-state index contributed by atoms with van der Waals surface area (Å²) in [6.45, 7) is 5.55. The first-order valence-corrected chi connectivity index (χ1v) is 8.39. The maximum atomic E-state index is 4.46. The number of thiazole rings is 1. The first-order chi connectivity index (χ1) is 8.24. The van der Waals surface area contributed by atoms with Crippen LogP contribution < -0.4 is 5.32 Å². The Balaban J connectivity index is 1.59. The summed E-state index contributed by atoms with van der Waals surface area (Å²) >= 11 is 3.64. The topological polar surface area (TPSA) is 24.9 Å². The molecule has 1 aliphatic rings. The van der Waals surface area contributed by atoms with E-state index in [0.717, 1.165) is 30.0 Å². The second kappa shape index (κ2) is 6.76. The van der Waals surface area contributed by atoms with E-state index in [2.05, 4.69) is 29.5 Å². The SMILES string of the molecule is Cc1csc(SCCNC2CCCC(C)C2)n1. The number of nitrogens with zero attached hydrogens (tertiary/aromatic N) is 1. The van der Waals surface area contributed by atoms with Gasteiger partial charge in [0.15, 0.2) is 0 Å². The molecule has 1 N–H and O–H groups in total.